The maximum atomic E-state index is 12.4. The molecule has 114 valence electrons. The average Bonchev–Trinajstić information content (AvgIpc) is 2.39. The van der Waals surface area contributed by atoms with Crippen LogP contribution in [0, 0.1) is 5.41 Å². The van der Waals surface area contributed by atoms with Gasteiger partial charge in [-0.3, -0.25) is 14.5 Å². The van der Waals surface area contributed by atoms with Crippen LogP contribution < -0.4 is 0 Å². The highest BCUT2D eigenvalue weighted by molar-refractivity contribution is 5.99. The SMILES string of the molecule is COCC(CCO)N1C(=O)CC2(CCCCC2)CC1=O. The zero-order valence-electron chi connectivity index (χ0n) is 12.3. The first-order chi connectivity index (χ1) is 9.62. The third-order valence-electron chi connectivity index (χ3n) is 4.69. The second kappa shape index (κ2) is 6.68. The fraction of sp³-hybridized carbons (Fsp3) is 0.867. The van der Waals surface area contributed by atoms with Crippen molar-refractivity contribution >= 4 is 11.8 Å². The zero-order chi connectivity index (χ0) is 14.6. The molecule has 2 aliphatic rings. The predicted octanol–water partition coefficient (Wildman–Crippen LogP) is 1.48. The Labute approximate surface area is 120 Å². The highest BCUT2D eigenvalue weighted by atomic mass is 16.5. The normalized spacial score (nSPS) is 24.2. The number of aliphatic hydroxyl groups excluding tert-OH is 1. The number of ether oxygens (including phenoxy) is 1. The maximum absolute atomic E-state index is 12.4. The predicted molar refractivity (Wildman–Crippen MR) is 74.0 cm³/mol. The van der Waals surface area contributed by atoms with Crippen LogP contribution >= 0.6 is 0 Å². The van der Waals surface area contributed by atoms with Gasteiger partial charge in [0.25, 0.3) is 0 Å². The van der Waals surface area contributed by atoms with Crippen LogP contribution in [-0.4, -0.2) is 48.2 Å². The van der Waals surface area contributed by atoms with Crippen LogP contribution in [0.2, 0.25) is 0 Å². The summed E-state index contributed by atoms with van der Waals surface area (Å²) >= 11 is 0. The van der Waals surface area contributed by atoms with Gasteiger partial charge in [-0.1, -0.05) is 19.3 Å². The van der Waals surface area contributed by atoms with E-state index in [-0.39, 0.29) is 29.9 Å². The summed E-state index contributed by atoms with van der Waals surface area (Å²) in [5.41, 5.74) is -0.0836. The number of imide groups is 1. The van der Waals surface area contributed by atoms with Gasteiger partial charge in [0, 0.05) is 26.6 Å². The van der Waals surface area contributed by atoms with Crippen molar-refractivity contribution in [2.45, 2.75) is 57.4 Å². The van der Waals surface area contributed by atoms with Crippen LogP contribution in [0.1, 0.15) is 51.4 Å². The minimum Gasteiger partial charge on any atom is -0.396 e. The molecule has 0 aromatic rings. The van der Waals surface area contributed by atoms with Crippen molar-refractivity contribution in [2.75, 3.05) is 20.3 Å². The summed E-state index contributed by atoms with van der Waals surface area (Å²) in [7, 11) is 1.55. The van der Waals surface area contributed by atoms with Crippen molar-refractivity contribution in [1.29, 1.82) is 0 Å². The van der Waals surface area contributed by atoms with E-state index in [1.165, 1.54) is 11.3 Å². The molecule has 0 radical (unpaired) electrons. The van der Waals surface area contributed by atoms with Crippen LogP contribution in [-0.2, 0) is 14.3 Å². The molecule has 2 amide bonds. The van der Waals surface area contributed by atoms with E-state index in [0.717, 1.165) is 25.7 Å². The molecule has 1 atom stereocenters. The third-order valence-corrected chi connectivity index (χ3v) is 4.69. The fourth-order valence-corrected chi connectivity index (χ4v) is 3.70. The van der Waals surface area contributed by atoms with Crippen molar-refractivity contribution < 1.29 is 19.4 Å². The van der Waals surface area contributed by atoms with Gasteiger partial charge in [-0.25, -0.2) is 0 Å². The first-order valence-corrected chi connectivity index (χ1v) is 7.56. The molecule has 1 saturated heterocycles. The summed E-state index contributed by atoms with van der Waals surface area (Å²) in [6.45, 7) is 0.251. The quantitative estimate of drug-likeness (QED) is 0.776. The number of likely N-dealkylation sites (tertiary alicyclic amines) is 1. The second-order valence-corrected chi connectivity index (χ2v) is 6.19. The van der Waals surface area contributed by atoms with Crippen LogP contribution in [0.3, 0.4) is 0 Å². The molecule has 0 aromatic heterocycles. The number of hydrogen-bond donors (Lipinski definition) is 1. The Morgan fingerprint density at radius 3 is 2.30 bits per heavy atom. The number of carbonyl (C=O) groups is 2. The lowest BCUT2D eigenvalue weighted by Gasteiger charge is -2.44. The van der Waals surface area contributed by atoms with Gasteiger partial charge < -0.3 is 9.84 Å². The molecule has 1 aliphatic carbocycles. The van der Waals surface area contributed by atoms with Crippen LogP contribution in [0.5, 0.6) is 0 Å². The molecule has 20 heavy (non-hydrogen) atoms. The summed E-state index contributed by atoms with van der Waals surface area (Å²) in [5.74, 6) is -0.169. The van der Waals surface area contributed by atoms with E-state index < -0.39 is 0 Å². The van der Waals surface area contributed by atoms with Crippen molar-refractivity contribution in [3.05, 3.63) is 0 Å². The van der Waals surface area contributed by atoms with E-state index >= 15 is 0 Å². The Morgan fingerprint density at radius 2 is 1.80 bits per heavy atom. The Kier molecular flexibility index (Phi) is 5.16. The van der Waals surface area contributed by atoms with Gasteiger partial charge >= 0.3 is 0 Å². The number of nitrogens with zero attached hydrogens (tertiary/aromatic N) is 1. The molecule has 5 heteroatoms. The van der Waals surface area contributed by atoms with Gasteiger partial charge in [0.05, 0.1) is 12.6 Å². The van der Waals surface area contributed by atoms with E-state index in [4.69, 9.17) is 9.84 Å². The van der Waals surface area contributed by atoms with Crippen molar-refractivity contribution in [3.8, 4) is 0 Å². The molecule has 5 nitrogen and oxygen atoms in total. The molecule has 1 heterocycles. The molecule has 0 aromatic carbocycles. The molecule has 1 spiro atoms. The first-order valence-electron chi connectivity index (χ1n) is 7.56. The smallest absolute Gasteiger partial charge is 0.230 e. The Morgan fingerprint density at radius 1 is 1.20 bits per heavy atom. The summed E-state index contributed by atoms with van der Waals surface area (Å²) in [5, 5.41) is 9.10. The first kappa shape index (κ1) is 15.4. The lowest BCUT2D eigenvalue weighted by molar-refractivity contribution is -0.159. The summed E-state index contributed by atoms with van der Waals surface area (Å²) in [6.07, 6.45) is 6.79. The molecule has 2 rings (SSSR count). The van der Waals surface area contributed by atoms with E-state index in [1.807, 2.05) is 0 Å². The van der Waals surface area contributed by atoms with Gasteiger partial charge in [-0.05, 0) is 24.7 Å². The minimum atomic E-state index is -0.328. The molecule has 1 N–H and O–H groups in total. The van der Waals surface area contributed by atoms with Gasteiger partial charge in [-0.15, -0.1) is 0 Å². The number of amides is 2. The Bertz CT molecular complexity index is 337. The van der Waals surface area contributed by atoms with Gasteiger partial charge in [0.15, 0.2) is 0 Å². The highest BCUT2D eigenvalue weighted by Crippen LogP contribution is 2.45. The van der Waals surface area contributed by atoms with Crippen LogP contribution in [0.25, 0.3) is 0 Å². The van der Waals surface area contributed by atoms with Crippen molar-refractivity contribution in [1.82, 2.24) is 4.90 Å². The average molecular weight is 283 g/mol. The number of aliphatic hydroxyl groups is 1. The minimum absolute atomic E-state index is 0.0454. The number of hydrogen-bond acceptors (Lipinski definition) is 4. The lowest BCUT2D eigenvalue weighted by atomic mass is 9.67. The van der Waals surface area contributed by atoms with E-state index in [9.17, 15) is 9.59 Å². The molecular weight excluding hydrogens is 258 g/mol. The van der Waals surface area contributed by atoms with E-state index in [0.29, 0.717) is 25.9 Å². The van der Waals surface area contributed by atoms with Gasteiger partial charge in [0.2, 0.25) is 11.8 Å². The maximum Gasteiger partial charge on any atom is 0.230 e. The van der Waals surface area contributed by atoms with Crippen molar-refractivity contribution in [2.24, 2.45) is 5.41 Å². The number of rotatable bonds is 5. The van der Waals surface area contributed by atoms with Gasteiger partial charge in [0.1, 0.15) is 0 Å². The standard InChI is InChI=1S/C15H25NO4/c1-20-11-12(5-8-17)16-13(18)9-15(10-14(16)19)6-3-2-4-7-15/h12,17H,2-11H2,1H3. The third kappa shape index (κ3) is 3.20. The monoisotopic (exact) mass is 283 g/mol. The van der Waals surface area contributed by atoms with Crippen molar-refractivity contribution in [3.63, 3.8) is 0 Å². The summed E-state index contributed by atoms with van der Waals surface area (Å²) < 4.78 is 5.09. The van der Waals surface area contributed by atoms with Crippen LogP contribution in [0.15, 0.2) is 0 Å². The van der Waals surface area contributed by atoms with E-state index in [2.05, 4.69) is 0 Å². The zero-order valence-corrected chi connectivity index (χ0v) is 12.3. The fourth-order valence-electron chi connectivity index (χ4n) is 3.70. The Hall–Kier alpha value is -0.940. The van der Waals surface area contributed by atoms with Gasteiger partial charge in [-0.2, -0.15) is 0 Å². The largest absolute Gasteiger partial charge is 0.396 e. The lowest BCUT2D eigenvalue weighted by Crippen LogP contribution is -2.54. The molecular formula is C15H25NO4. The molecule has 1 saturated carbocycles. The van der Waals surface area contributed by atoms with Crippen LogP contribution in [0.4, 0.5) is 0 Å². The number of carbonyl (C=O) groups excluding carboxylic acids is 2. The van der Waals surface area contributed by atoms with E-state index in [1.54, 1.807) is 7.11 Å². The molecule has 1 aliphatic heterocycles. The number of methoxy groups -OCH3 is 1. The highest BCUT2D eigenvalue weighted by Gasteiger charge is 2.45. The molecule has 0 bridgehead atoms. The summed E-state index contributed by atoms with van der Waals surface area (Å²) in [6, 6.07) is -0.328. The number of piperidine rings is 1. The summed E-state index contributed by atoms with van der Waals surface area (Å²) in [4.78, 5) is 26.2. The topological polar surface area (TPSA) is 66.8 Å². The molecule has 1 unspecified atom stereocenters. The Balaban J connectivity index is 2.09. The second-order valence-electron chi connectivity index (χ2n) is 6.19. The molecule has 2 fully saturated rings.